The number of unbranched alkanes of at least 4 members (excludes halogenated alkanes) is 1. The van der Waals surface area contributed by atoms with Crippen molar-refractivity contribution in [2.45, 2.75) is 58.5 Å². The molecule has 1 fully saturated rings. The highest BCUT2D eigenvalue weighted by atomic mass is 16.5. The highest BCUT2D eigenvalue weighted by molar-refractivity contribution is 5.99. The monoisotopic (exact) mass is 284 g/mol. The zero-order chi connectivity index (χ0) is 15.3. The number of nitrogens with zero attached hydrogens (tertiary/aromatic N) is 1. The molecule has 1 N–H and O–H groups in total. The summed E-state index contributed by atoms with van der Waals surface area (Å²) in [5.74, 6) is 0.146. The number of piperazine rings is 1. The average molecular weight is 284 g/mol. The lowest BCUT2D eigenvalue weighted by Gasteiger charge is -2.45. The van der Waals surface area contributed by atoms with Crippen molar-refractivity contribution in [2.75, 3.05) is 20.3 Å². The summed E-state index contributed by atoms with van der Waals surface area (Å²) in [5, 5.41) is 2.85. The minimum atomic E-state index is -0.803. The minimum absolute atomic E-state index is 0.0137. The Hall–Kier alpha value is -1.10. The van der Waals surface area contributed by atoms with E-state index in [1.165, 1.54) is 0 Å². The fraction of sp³-hybridized carbons (Fsp3) is 0.867. The molecule has 116 valence electrons. The van der Waals surface area contributed by atoms with Crippen LogP contribution >= 0.6 is 0 Å². The van der Waals surface area contributed by atoms with Crippen molar-refractivity contribution in [2.24, 2.45) is 5.92 Å². The molecule has 5 heteroatoms. The summed E-state index contributed by atoms with van der Waals surface area (Å²) in [6.45, 7) is 8.91. The van der Waals surface area contributed by atoms with E-state index in [4.69, 9.17) is 4.74 Å². The standard InChI is InChI=1S/C15H28N2O3/c1-6-11(2)12-13(18)16-15(3,4)14(19)17(12)9-7-8-10-20-5/h11-12H,6-10H2,1-5H3,(H,16,18). The Morgan fingerprint density at radius 1 is 1.35 bits per heavy atom. The molecular formula is C15H28N2O3. The van der Waals surface area contributed by atoms with Crippen LogP contribution in [0.1, 0.15) is 47.0 Å². The zero-order valence-corrected chi connectivity index (χ0v) is 13.4. The van der Waals surface area contributed by atoms with Crippen molar-refractivity contribution >= 4 is 11.8 Å². The summed E-state index contributed by atoms with van der Waals surface area (Å²) in [6, 6.07) is -0.344. The number of methoxy groups -OCH3 is 1. The first kappa shape index (κ1) is 17.0. The summed E-state index contributed by atoms with van der Waals surface area (Å²) < 4.78 is 5.03. The van der Waals surface area contributed by atoms with Crippen molar-refractivity contribution in [3.8, 4) is 0 Å². The fourth-order valence-electron chi connectivity index (χ4n) is 2.62. The van der Waals surface area contributed by atoms with Gasteiger partial charge >= 0.3 is 0 Å². The number of ether oxygens (including phenoxy) is 1. The molecule has 0 bridgehead atoms. The highest BCUT2D eigenvalue weighted by Crippen LogP contribution is 2.24. The van der Waals surface area contributed by atoms with E-state index in [0.29, 0.717) is 13.2 Å². The van der Waals surface area contributed by atoms with Crippen LogP contribution in [-0.2, 0) is 14.3 Å². The van der Waals surface area contributed by atoms with E-state index in [9.17, 15) is 9.59 Å². The second-order valence-electron chi connectivity index (χ2n) is 6.14. The van der Waals surface area contributed by atoms with Gasteiger partial charge in [0.05, 0.1) is 0 Å². The third kappa shape index (κ3) is 3.72. The van der Waals surface area contributed by atoms with Crippen molar-refractivity contribution in [1.82, 2.24) is 10.2 Å². The molecular weight excluding hydrogens is 256 g/mol. The van der Waals surface area contributed by atoms with Gasteiger partial charge < -0.3 is 15.0 Å². The predicted molar refractivity (Wildman–Crippen MR) is 78.3 cm³/mol. The smallest absolute Gasteiger partial charge is 0.248 e. The summed E-state index contributed by atoms with van der Waals surface area (Å²) in [6.07, 6.45) is 2.63. The Balaban J connectivity index is 2.83. The van der Waals surface area contributed by atoms with Crippen LogP contribution in [0.5, 0.6) is 0 Å². The third-order valence-corrected chi connectivity index (χ3v) is 4.02. The molecule has 1 aliphatic rings. The van der Waals surface area contributed by atoms with Gasteiger partial charge in [0.25, 0.3) is 0 Å². The second-order valence-corrected chi connectivity index (χ2v) is 6.14. The lowest BCUT2D eigenvalue weighted by Crippen LogP contribution is -2.69. The van der Waals surface area contributed by atoms with E-state index in [2.05, 4.69) is 5.32 Å². The van der Waals surface area contributed by atoms with Gasteiger partial charge in [0.15, 0.2) is 0 Å². The molecule has 2 unspecified atom stereocenters. The molecule has 5 nitrogen and oxygen atoms in total. The SMILES string of the molecule is CCC(C)C1C(=O)NC(C)(C)C(=O)N1CCCCOC. The lowest BCUT2D eigenvalue weighted by atomic mass is 9.89. The first-order chi connectivity index (χ1) is 9.35. The summed E-state index contributed by atoms with van der Waals surface area (Å²) in [5.41, 5.74) is -0.803. The molecule has 0 aromatic rings. The maximum atomic E-state index is 12.6. The molecule has 0 saturated carbocycles. The van der Waals surface area contributed by atoms with Crippen LogP contribution in [0, 0.1) is 5.92 Å². The van der Waals surface area contributed by atoms with Gasteiger partial charge in [-0.1, -0.05) is 20.3 Å². The largest absolute Gasteiger partial charge is 0.385 e. The Kier molecular flexibility index (Phi) is 5.99. The Morgan fingerprint density at radius 2 is 2.00 bits per heavy atom. The molecule has 0 radical (unpaired) electrons. The minimum Gasteiger partial charge on any atom is -0.385 e. The van der Waals surface area contributed by atoms with Gasteiger partial charge in [-0.15, -0.1) is 0 Å². The topological polar surface area (TPSA) is 58.6 Å². The molecule has 0 aromatic carbocycles. The van der Waals surface area contributed by atoms with Gasteiger partial charge in [-0.25, -0.2) is 0 Å². The van der Waals surface area contributed by atoms with Gasteiger partial charge in [-0.3, -0.25) is 9.59 Å². The van der Waals surface area contributed by atoms with E-state index in [1.54, 1.807) is 25.9 Å². The molecule has 0 aromatic heterocycles. The number of amides is 2. The molecule has 2 amide bonds. The van der Waals surface area contributed by atoms with Crippen LogP contribution in [0.25, 0.3) is 0 Å². The molecule has 1 aliphatic heterocycles. The summed E-state index contributed by atoms with van der Waals surface area (Å²) >= 11 is 0. The van der Waals surface area contributed by atoms with Crippen LogP contribution in [0.3, 0.4) is 0 Å². The van der Waals surface area contributed by atoms with Crippen LogP contribution in [0.2, 0.25) is 0 Å². The molecule has 1 heterocycles. The molecule has 0 aliphatic carbocycles. The van der Waals surface area contributed by atoms with E-state index >= 15 is 0 Å². The summed E-state index contributed by atoms with van der Waals surface area (Å²) in [4.78, 5) is 26.7. The van der Waals surface area contributed by atoms with Crippen LogP contribution in [-0.4, -0.2) is 48.6 Å². The fourth-order valence-corrected chi connectivity index (χ4v) is 2.62. The molecule has 20 heavy (non-hydrogen) atoms. The van der Waals surface area contributed by atoms with Crippen molar-refractivity contribution < 1.29 is 14.3 Å². The molecule has 1 rings (SSSR count). The van der Waals surface area contributed by atoms with E-state index in [0.717, 1.165) is 19.3 Å². The van der Waals surface area contributed by atoms with Crippen LogP contribution in [0.15, 0.2) is 0 Å². The van der Waals surface area contributed by atoms with Gasteiger partial charge in [0.1, 0.15) is 11.6 Å². The third-order valence-electron chi connectivity index (χ3n) is 4.02. The van der Waals surface area contributed by atoms with Crippen molar-refractivity contribution in [3.05, 3.63) is 0 Å². The molecule has 1 saturated heterocycles. The number of carbonyl (C=O) groups is 2. The Labute approximate surface area is 122 Å². The summed E-state index contributed by atoms with van der Waals surface area (Å²) in [7, 11) is 1.67. The number of carbonyl (C=O) groups excluding carboxylic acids is 2. The zero-order valence-electron chi connectivity index (χ0n) is 13.4. The molecule has 0 spiro atoms. The average Bonchev–Trinajstić information content (AvgIpc) is 2.38. The van der Waals surface area contributed by atoms with E-state index < -0.39 is 5.54 Å². The Bertz CT molecular complexity index is 355. The normalized spacial score (nSPS) is 23.6. The van der Waals surface area contributed by atoms with Crippen molar-refractivity contribution in [3.63, 3.8) is 0 Å². The number of nitrogens with one attached hydrogen (secondary N) is 1. The maximum Gasteiger partial charge on any atom is 0.248 e. The van der Waals surface area contributed by atoms with E-state index in [1.807, 2.05) is 13.8 Å². The first-order valence-electron chi connectivity index (χ1n) is 7.47. The van der Waals surface area contributed by atoms with Gasteiger partial charge in [-0.05, 0) is 32.6 Å². The van der Waals surface area contributed by atoms with Crippen molar-refractivity contribution in [1.29, 1.82) is 0 Å². The quantitative estimate of drug-likeness (QED) is 0.722. The van der Waals surface area contributed by atoms with Crippen LogP contribution < -0.4 is 5.32 Å². The molecule has 2 atom stereocenters. The van der Waals surface area contributed by atoms with E-state index in [-0.39, 0.29) is 23.8 Å². The number of rotatable bonds is 7. The number of hydrogen-bond donors (Lipinski definition) is 1. The van der Waals surface area contributed by atoms with Crippen LogP contribution in [0.4, 0.5) is 0 Å². The van der Waals surface area contributed by atoms with Gasteiger partial charge in [0.2, 0.25) is 11.8 Å². The highest BCUT2D eigenvalue weighted by Gasteiger charge is 2.46. The van der Waals surface area contributed by atoms with Gasteiger partial charge in [-0.2, -0.15) is 0 Å². The Morgan fingerprint density at radius 3 is 2.55 bits per heavy atom. The first-order valence-corrected chi connectivity index (χ1v) is 7.47. The number of hydrogen-bond acceptors (Lipinski definition) is 3. The second kappa shape index (κ2) is 7.07. The predicted octanol–water partition coefficient (Wildman–Crippen LogP) is 1.56. The maximum absolute atomic E-state index is 12.6. The lowest BCUT2D eigenvalue weighted by molar-refractivity contribution is -0.155. The van der Waals surface area contributed by atoms with Gasteiger partial charge in [0, 0.05) is 20.3 Å².